The normalized spacial score (nSPS) is 11.9. The van der Waals surface area contributed by atoms with Gasteiger partial charge in [0.05, 0.1) is 5.54 Å². The number of H-pyrrole nitrogens is 1. The quantitative estimate of drug-likeness (QED) is 0.710. The summed E-state index contributed by atoms with van der Waals surface area (Å²) in [5, 5.41) is 2.80. The second kappa shape index (κ2) is 7.34. The number of nitrogens with one attached hydrogen (secondary N) is 2. The average Bonchev–Trinajstić information content (AvgIpc) is 2.68. The number of rotatable bonds is 4. The van der Waals surface area contributed by atoms with E-state index >= 15 is 0 Å². The van der Waals surface area contributed by atoms with Gasteiger partial charge in [-0.2, -0.15) is 13.2 Å². The molecule has 1 aromatic heterocycles. The van der Waals surface area contributed by atoms with Crippen LogP contribution in [0.2, 0.25) is 0 Å². The van der Waals surface area contributed by atoms with E-state index in [1.165, 1.54) is 0 Å². The second-order valence-corrected chi connectivity index (χ2v) is 6.42. The summed E-state index contributed by atoms with van der Waals surface area (Å²) in [5.41, 5.74) is -2.17. The van der Waals surface area contributed by atoms with Crippen LogP contribution in [0.25, 0.3) is 0 Å². The van der Waals surface area contributed by atoms with Crippen molar-refractivity contribution in [1.82, 2.24) is 10.3 Å². The predicted molar refractivity (Wildman–Crippen MR) is 98.9 cm³/mol. The SMILES string of the molecule is CC(NC(=O)c1ccc(C(F)(F)F)[nH]c1=O)(c1ccccc1)c1ccccc1. The summed E-state index contributed by atoms with van der Waals surface area (Å²) in [6.45, 7) is 1.77. The molecule has 0 saturated carbocycles. The Morgan fingerprint density at radius 2 is 1.36 bits per heavy atom. The molecule has 7 heteroatoms. The van der Waals surface area contributed by atoms with Crippen molar-refractivity contribution in [2.24, 2.45) is 0 Å². The summed E-state index contributed by atoms with van der Waals surface area (Å²) < 4.78 is 38.2. The van der Waals surface area contributed by atoms with E-state index in [-0.39, 0.29) is 0 Å². The number of halogens is 3. The van der Waals surface area contributed by atoms with Crippen LogP contribution in [0.5, 0.6) is 0 Å². The molecule has 1 heterocycles. The number of benzene rings is 2. The van der Waals surface area contributed by atoms with Gasteiger partial charge < -0.3 is 10.3 Å². The molecule has 1 amide bonds. The zero-order valence-corrected chi connectivity index (χ0v) is 14.9. The first-order chi connectivity index (χ1) is 13.2. The zero-order chi connectivity index (χ0) is 20.4. The number of pyridine rings is 1. The lowest BCUT2D eigenvalue weighted by Crippen LogP contribution is -2.46. The van der Waals surface area contributed by atoms with Gasteiger partial charge in [-0.15, -0.1) is 0 Å². The first kappa shape index (κ1) is 19.4. The summed E-state index contributed by atoms with van der Waals surface area (Å²) >= 11 is 0. The molecule has 2 aromatic carbocycles. The third kappa shape index (κ3) is 3.83. The van der Waals surface area contributed by atoms with Crippen LogP contribution in [0.1, 0.15) is 34.1 Å². The molecule has 3 aromatic rings. The first-order valence-electron chi connectivity index (χ1n) is 8.46. The van der Waals surface area contributed by atoms with Gasteiger partial charge in [0.2, 0.25) is 0 Å². The summed E-state index contributed by atoms with van der Waals surface area (Å²) in [4.78, 5) is 26.6. The van der Waals surface area contributed by atoms with Crippen LogP contribution in [0, 0.1) is 0 Å². The summed E-state index contributed by atoms with van der Waals surface area (Å²) in [6.07, 6.45) is -4.70. The number of aromatic nitrogens is 1. The maximum atomic E-state index is 12.8. The van der Waals surface area contributed by atoms with Crippen LogP contribution >= 0.6 is 0 Å². The molecular weight excluding hydrogens is 369 g/mol. The molecule has 0 aliphatic heterocycles. The van der Waals surface area contributed by atoms with Crippen molar-refractivity contribution in [3.8, 4) is 0 Å². The average molecular weight is 386 g/mol. The van der Waals surface area contributed by atoms with Crippen molar-refractivity contribution in [1.29, 1.82) is 0 Å². The highest BCUT2D eigenvalue weighted by Crippen LogP contribution is 2.30. The van der Waals surface area contributed by atoms with Crippen molar-refractivity contribution >= 4 is 5.91 Å². The first-order valence-corrected chi connectivity index (χ1v) is 8.46. The van der Waals surface area contributed by atoms with E-state index in [4.69, 9.17) is 0 Å². The molecule has 0 aliphatic carbocycles. The Bertz CT molecular complexity index is 989. The standard InChI is InChI=1S/C21H17F3N2O2/c1-20(14-8-4-2-5-9-14,15-10-6-3-7-11-15)26-19(28)16-12-13-17(21(22,23)24)25-18(16)27/h2-13H,1H3,(H,25,27)(H,26,28). The van der Waals surface area contributed by atoms with Crippen LogP contribution in [0.3, 0.4) is 0 Å². The highest BCUT2D eigenvalue weighted by atomic mass is 19.4. The third-order valence-electron chi connectivity index (χ3n) is 4.53. The van der Waals surface area contributed by atoms with E-state index in [0.29, 0.717) is 6.07 Å². The summed E-state index contributed by atoms with van der Waals surface area (Å²) in [6, 6.07) is 19.8. The van der Waals surface area contributed by atoms with Crippen LogP contribution in [-0.4, -0.2) is 10.9 Å². The lowest BCUT2D eigenvalue weighted by atomic mass is 9.84. The minimum atomic E-state index is -4.70. The van der Waals surface area contributed by atoms with Gasteiger partial charge >= 0.3 is 6.18 Å². The third-order valence-corrected chi connectivity index (χ3v) is 4.53. The monoisotopic (exact) mass is 386 g/mol. The number of hydrogen-bond donors (Lipinski definition) is 2. The molecular formula is C21H17F3N2O2. The Balaban J connectivity index is 2.01. The van der Waals surface area contributed by atoms with Gasteiger partial charge in [-0.1, -0.05) is 60.7 Å². The Morgan fingerprint density at radius 1 is 0.857 bits per heavy atom. The van der Waals surface area contributed by atoms with Crippen LogP contribution in [-0.2, 0) is 11.7 Å². The van der Waals surface area contributed by atoms with Gasteiger partial charge in [-0.25, -0.2) is 0 Å². The van der Waals surface area contributed by atoms with Crippen LogP contribution in [0.15, 0.2) is 77.6 Å². The summed E-state index contributed by atoms with van der Waals surface area (Å²) in [5.74, 6) is -0.773. The molecule has 0 bridgehead atoms. The Hall–Kier alpha value is -3.35. The number of aromatic amines is 1. The van der Waals surface area contributed by atoms with Gasteiger partial charge in [0.1, 0.15) is 11.3 Å². The molecule has 0 unspecified atom stereocenters. The number of alkyl halides is 3. The molecule has 0 spiro atoms. The number of carbonyl (C=O) groups is 1. The van der Waals surface area contributed by atoms with E-state index in [1.807, 2.05) is 60.7 Å². The molecule has 0 aliphatic rings. The lowest BCUT2D eigenvalue weighted by molar-refractivity contribution is -0.141. The van der Waals surface area contributed by atoms with Crippen molar-refractivity contribution in [3.63, 3.8) is 0 Å². The van der Waals surface area contributed by atoms with Crippen molar-refractivity contribution < 1.29 is 18.0 Å². The summed E-state index contributed by atoms with van der Waals surface area (Å²) in [7, 11) is 0. The highest BCUT2D eigenvalue weighted by Gasteiger charge is 2.34. The fourth-order valence-electron chi connectivity index (χ4n) is 2.97. The maximum absolute atomic E-state index is 12.8. The lowest BCUT2D eigenvalue weighted by Gasteiger charge is -2.32. The van der Waals surface area contributed by atoms with Crippen LogP contribution in [0.4, 0.5) is 13.2 Å². The zero-order valence-electron chi connectivity index (χ0n) is 14.9. The molecule has 4 nitrogen and oxygen atoms in total. The van der Waals surface area contributed by atoms with E-state index in [0.717, 1.165) is 17.2 Å². The van der Waals surface area contributed by atoms with Crippen molar-refractivity contribution in [2.45, 2.75) is 18.6 Å². The van der Waals surface area contributed by atoms with Crippen molar-refractivity contribution in [2.75, 3.05) is 0 Å². The molecule has 3 rings (SSSR count). The number of hydrogen-bond acceptors (Lipinski definition) is 2. The van der Waals surface area contributed by atoms with Gasteiger partial charge in [-0.05, 0) is 30.2 Å². The minimum absolute atomic E-state index is 0.397. The van der Waals surface area contributed by atoms with Gasteiger partial charge in [-0.3, -0.25) is 9.59 Å². The molecule has 0 atom stereocenters. The van der Waals surface area contributed by atoms with E-state index in [2.05, 4.69) is 5.32 Å². The molecule has 0 fully saturated rings. The highest BCUT2D eigenvalue weighted by molar-refractivity contribution is 5.94. The fraction of sp³-hybridized carbons (Fsp3) is 0.143. The van der Waals surface area contributed by atoms with E-state index in [9.17, 15) is 22.8 Å². The van der Waals surface area contributed by atoms with Crippen LogP contribution < -0.4 is 10.9 Å². The largest absolute Gasteiger partial charge is 0.431 e. The van der Waals surface area contributed by atoms with Gasteiger partial charge in [0, 0.05) is 0 Å². The molecule has 0 saturated heterocycles. The maximum Gasteiger partial charge on any atom is 0.431 e. The number of amides is 1. The van der Waals surface area contributed by atoms with Gasteiger partial charge in [0.15, 0.2) is 0 Å². The molecule has 28 heavy (non-hydrogen) atoms. The van der Waals surface area contributed by atoms with Gasteiger partial charge in [0.25, 0.3) is 11.5 Å². The molecule has 2 N–H and O–H groups in total. The predicted octanol–water partition coefficient (Wildman–Crippen LogP) is 4.09. The van der Waals surface area contributed by atoms with Crippen molar-refractivity contribution in [3.05, 3.63) is 106 Å². The fourth-order valence-corrected chi connectivity index (χ4v) is 2.97. The van der Waals surface area contributed by atoms with E-state index < -0.39 is 34.4 Å². The Kier molecular flexibility index (Phi) is 5.09. The second-order valence-electron chi connectivity index (χ2n) is 6.42. The minimum Gasteiger partial charge on any atom is -0.339 e. The molecule has 0 radical (unpaired) electrons. The van der Waals surface area contributed by atoms with E-state index in [1.54, 1.807) is 11.9 Å². The number of carbonyl (C=O) groups excluding carboxylic acids is 1. The Labute approximate surface area is 159 Å². The Morgan fingerprint density at radius 3 is 1.79 bits per heavy atom. The molecule has 144 valence electrons. The smallest absolute Gasteiger partial charge is 0.339 e. The topological polar surface area (TPSA) is 62.0 Å².